The zero-order chi connectivity index (χ0) is 14.8. The highest BCUT2D eigenvalue weighted by Crippen LogP contribution is 2.33. The zero-order valence-electron chi connectivity index (χ0n) is 11.5. The van der Waals surface area contributed by atoms with Gasteiger partial charge in [0.25, 0.3) is 0 Å². The van der Waals surface area contributed by atoms with Crippen LogP contribution in [0.25, 0.3) is 10.9 Å². The summed E-state index contributed by atoms with van der Waals surface area (Å²) in [5.74, 6) is 0. The number of nitrogens with one attached hydrogen (secondary N) is 1. The lowest BCUT2D eigenvalue weighted by Crippen LogP contribution is -2.18. The van der Waals surface area contributed by atoms with Crippen molar-refractivity contribution in [3.05, 3.63) is 74.8 Å². The maximum atomic E-state index is 4.56. The lowest BCUT2D eigenvalue weighted by atomic mass is 9.96. The van der Waals surface area contributed by atoms with Crippen molar-refractivity contribution < 1.29 is 0 Å². The molecule has 0 bridgehead atoms. The third-order valence-electron chi connectivity index (χ3n) is 3.54. The van der Waals surface area contributed by atoms with Gasteiger partial charge in [0.05, 0.1) is 11.6 Å². The van der Waals surface area contributed by atoms with Crippen LogP contribution in [-0.4, -0.2) is 12.0 Å². The van der Waals surface area contributed by atoms with Gasteiger partial charge >= 0.3 is 0 Å². The number of pyridine rings is 1. The Balaban J connectivity index is 2.18. The third kappa shape index (κ3) is 2.89. The Morgan fingerprint density at radius 2 is 1.81 bits per heavy atom. The van der Waals surface area contributed by atoms with Gasteiger partial charge in [-0.05, 0) is 36.4 Å². The molecule has 1 aromatic heterocycles. The van der Waals surface area contributed by atoms with Crippen LogP contribution in [-0.2, 0) is 0 Å². The van der Waals surface area contributed by atoms with Gasteiger partial charge in [-0.3, -0.25) is 4.98 Å². The van der Waals surface area contributed by atoms with Crippen molar-refractivity contribution in [2.75, 3.05) is 7.05 Å². The molecule has 106 valence electrons. The number of nitrogens with zero attached hydrogens (tertiary/aromatic N) is 1. The SMILES string of the molecule is CNC(c1ccc(Br)cc1Br)c1cccc2cccnc12. The molecule has 0 aliphatic heterocycles. The quantitative estimate of drug-likeness (QED) is 0.657. The minimum Gasteiger partial charge on any atom is -0.309 e. The summed E-state index contributed by atoms with van der Waals surface area (Å²) < 4.78 is 2.13. The molecule has 0 saturated heterocycles. The molecule has 1 unspecified atom stereocenters. The Hall–Kier alpha value is -1.23. The maximum Gasteiger partial charge on any atom is 0.0753 e. The van der Waals surface area contributed by atoms with Crippen LogP contribution in [0.2, 0.25) is 0 Å². The molecule has 0 aliphatic carbocycles. The summed E-state index contributed by atoms with van der Waals surface area (Å²) in [6.07, 6.45) is 1.84. The normalized spacial score (nSPS) is 12.5. The highest BCUT2D eigenvalue weighted by molar-refractivity contribution is 9.11. The van der Waals surface area contributed by atoms with Gasteiger partial charge in [0, 0.05) is 20.5 Å². The van der Waals surface area contributed by atoms with E-state index in [0.717, 1.165) is 19.8 Å². The summed E-state index contributed by atoms with van der Waals surface area (Å²) in [6.45, 7) is 0. The average molecular weight is 406 g/mol. The monoisotopic (exact) mass is 404 g/mol. The summed E-state index contributed by atoms with van der Waals surface area (Å²) in [5.41, 5.74) is 3.41. The van der Waals surface area contributed by atoms with E-state index in [2.05, 4.69) is 84.6 Å². The number of hydrogen-bond acceptors (Lipinski definition) is 2. The van der Waals surface area contributed by atoms with Crippen molar-refractivity contribution >= 4 is 42.8 Å². The Bertz CT molecular complexity index is 781. The van der Waals surface area contributed by atoms with Gasteiger partial charge in [0.15, 0.2) is 0 Å². The second kappa shape index (κ2) is 6.26. The largest absolute Gasteiger partial charge is 0.309 e. The summed E-state index contributed by atoms with van der Waals surface area (Å²) >= 11 is 7.16. The molecule has 0 amide bonds. The molecule has 1 N–H and O–H groups in total. The van der Waals surface area contributed by atoms with Crippen LogP contribution in [0.3, 0.4) is 0 Å². The van der Waals surface area contributed by atoms with Crippen LogP contribution in [0.15, 0.2) is 63.7 Å². The molecule has 0 saturated carbocycles. The number of rotatable bonds is 3. The molecule has 2 aromatic carbocycles. The van der Waals surface area contributed by atoms with Gasteiger partial charge in [-0.2, -0.15) is 0 Å². The number of fused-ring (bicyclic) bond motifs is 1. The van der Waals surface area contributed by atoms with E-state index in [1.165, 1.54) is 11.1 Å². The van der Waals surface area contributed by atoms with Crippen molar-refractivity contribution in [1.29, 1.82) is 0 Å². The lowest BCUT2D eigenvalue weighted by Gasteiger charge is -2.20. The first-order valence-corrected chi connectivity index (χ1v) is 8.25. The van der Waals surface area contributed by atoms with Gasteiger partial charge in [-0.15, -0.1) is 0 Å². The lowest BCUT2D eigenvalue weighted by molar-refractivity contribution is 0.692. The first-order valence-electron chi connectivity index (χ1n) is 6.66. The molecule has 0 fully saturated rings. The van der Waals surface area contributed by atoms with Crippen LogP contribution in [0.5, 0.6) is 0 Å². The number of halogens is 2. The van der Waals surface area contributed by atoms with E-state index in [1.807, 2.05) is 19.3 Å². The summed E-state index contributed by atoms with van der Waals surface area (Å²) in [5, 5.41) is 4.56. The van der Waals surface area contributed by atoms with Gasteiger partial charge in [0.1, 0.15) is 0 Å². The van der Waals surface area contributed by atoms with Gasteiger partial charge in [-0.1, -0.05) is 62.2 Å². The number of hydrogen-bond donors (Lipinski definition) is 1. The molecule has 4 heteroatoms. The summed E-state index contributed by atoms with van der Waals surface area (Å²) in [4.78, 5) is 4.56. The molecular weight excluding hydrogens is 392 g/mol. The fourth-order valence-electron chi connectivity index (χ4n) is 2.57. The second-order valence-corrected chi connectivity index (χ2v) is 6.58. The van der Waals surface area contributed by atoms with E-state index >= 15 is 0 Å². The van der Waals surface area contributed by atoms with Gasteiger partial charge < -0.3 is 5.32 Å². The highest BCUT2D eigenvalue weighted by atomic mass is 79.9. The second-order valence-electron chi connectivity index (χ2n) is 4.81. The molecule has 3 rings (SSSR count). The predicted molar refractivity (Wildman–Crippen MR) is 94.5 cm³/mol. The minimum atomic E-state index is 0.0890. The molecule has 0 aliphatic rings. The Kier molecular flexibility index (Phi) is 4.38. The smallest absolute Gasteiger partial charge is 0.0753 e. The molecule has 0 radical (unpaired) electrons. The fourth-order valence-corrected chi connectivity index (χ4v) is 3.85. The predicted octanol–water partition coefficient (Wildman–Crippen LogP) is 5.07. The number of aromatic nitrogens is 1. The Morgan fingerprint density at radius 1 is 1.00 bits per heavy atom. The number of para-hydroxylation sites is 1. The number of benzene rings is 2. The van der Waals surface area contributed by atoms with E-state index in [0.29, 0.717) is 0 Å². The van der Waals surface area contributed by atoms with E-state index in [4.69, 9.17) is 0 Å². The Morgan fingerprint density at radius 3 is 2.57 bits per heavy atom. The molecular formula is C17H14Br2N2. The first-order chi connectivity index (χ1) is 10.2. The minimum absolute atomic E-state index is 0.0890. The fraction of sp³-hybridized carbons (Fsp3) is 0.118. The van der Waals surface area contributed by atoms with Crippen molar-refractivity contribution in [2.45, 2.75) is 6.04 Å². The van der Waals surface area contributed by atoms with E-state index < -0.39 is 0 Å². The van der Waals surface area contributed by atoms with E-state index in [-0.39, 0.29) is 6.04 Å². The van der Waals surface area contributed by atoms with Crippen molar-refractivity contribution in [3.8, 4) is 0 Å². The Labute approximate surface area is 140 Å². The van der Waals surface area contributed by atoms with Gasteiger partial charge in [0.2, 0.25) is 0 Å². The molecule has 2 nitrogen and oxygen atoms in total. The van der Waals surface area contributed by atoms with E-state index in [1.54, 1.807) is 0 Å². The van der Waals surface area contributed by atoms with Crippen molar-refractivity contribution in [1.82, 2.24) is 10.3 Å². The standard InChI is InChI=1S/C17H14Br2N2/c1-20-17(13-8-7-12(18)10-15(13)19)14-6-2-4-11-5-3-9-21-16(11)14/h2-10,17,20H,1H3. The molecule has 3 aromatic rings. The van der Waals surface area contributed by atoms with Gasteiger partial charge in [-0.25, -0.2) is 0 Å². The summed E-state index contributed by atoms with van der Waals surface area (Å²) in [7, 11) is 1.97. The van der Waals surface area contributed by atoms with Crippen molar-refractivity contribution in [3.63, 3.8) is 0 Å². The van der Waals surface area contributed by atoms with Crippen LogP contribution < -0.4 is 5.32 Å². The van der Waals surface area contributed by atoms with Crippen LogP contribution in [0, 0.1) is 0 Å². The third-order valence-corrected chi connectivity index (χ3v) is 4.72. The van der Waals surface area contributed by atoms with Crippen molar-refractivity contribution in [2.24, 2.45) is 0 Å². The average Bonchev–Trinajstić information content (AvgIpc) is 2.50. The maximum absolute atomic E-state index is 4.56. The molecule has 1 atom stereocenters. The van der Waals surface area contributed by atoms with E-state index in [9.17, 15) is 0 Å². The topological polar surface area (TPSA) is 24.9 Å². The van der Waals surface area contributed by atoms with Crippen LogP contribution >= 0.6 is 31.9 Å². The molecule has 21 heavy (non-hydrogen) atoms. The zero-order valence-corrected chi connectivity index (χ0v) is 14.6. The first kappa shape index (κ1) is 14.7. The summed E-state index contributed by atoms with van der Waals surface area (Å²) in [6, 6.07) is 16.7. The van der Waals surface area contributed by atoms with Crippen LogP contribution in [0.4, 0.5) is 0 Å². The highest BCUT2D eigenvalue weighted by Gasteiger charge is 2.17. The molecule has 1 heterocycles. The van der Waals surface area contributed by atoms with Crippen LogP contribution in [0.1, 0.15) is 17.2 Å². The molecule has 0 spiro atoms.